The van der Waals surface area contributed by atoms with Crippen LogP contribution in [0.25, 0.3) is 0 Å². The molecule has 0 saturated carbocycles. The molecule has 0 aliphatic carbocycles. The fraction of sp³-hybridized carbons (Fsp3) is 0.700. The number of hydrogen-bond donors (Lipinski definition) is 2. The molecule has 1 aliphatic rings. The molecule has 0 bridgehead atoms. The van der Waals surface area contributed by atoms with Gasteiger partial charge < -0.3 is 10.1 Å². The van der Waals surface area contributed by atoms with E-state index in [4.69, 9.17) is 4.74 Å². The monoisotopic (exact) mass is 399 g/mol. The quantitative estimate of drug-likeness (QED) is 0.523. The van der Waals surface area contributed by atoms with Gasteiger partial charge in [-0.05, 0) is 0 Å². The highest BCUT2D eigenvalue weighted by Gasteiger charge is 2.26. The Morgan fingerprint density at radius 1 is 1.25 bits per heavy atom. The largest absolute Gasteiger partial charge is 0.379 e. The molecule has 1 aromatic heterocycles. The molecule has 1 fully saturated rings. The normalized spacial score (nSPS) is 16.9. The van der Waals surface area contributed by atoms with Gasteiger partial charge in [0.05, 0.1) is 19.0 Å². The summed E-state index contributed by atoms with van der Waals surface area (Å²) < 4.78 is 56.5. The highest BCUT2D eigenvalue weighted by Crippen LogP contribution is 2.19. The molecule has 1 aliphatic heterocycles. The zero-order chi connectivity index (χ0) is 17.8. The van der Waals surface area contributed by atoms with Crippen molar-refractivity contribution in [2.24, 2.45) is 0 Å². The van der Waals surface area contributed by atoms with Crippen LogP contribution in [0.15, 0.2) is 4.34 Å². The maximum absolute atomic E-state index is 12.1. The lowest BCUT2D eigenvalue weighted by atomic mass is 10.5. The number of carbonyl (C=O) groups excluding carboxylic acids is 1. The fourth-order valence-corrected chi connectivity index (χ4v) is 5.31. The van der Waals surface area contributed by atoms with E-state index >= 15 is 0 Å². The number of anilines is 1. The van der Waals surface area contributed by atoms with E-state index in [2.05, 4.69) is 20.2 Å². The second kappa shape index (κ2) is 7.79. The first kappa shape index (κ1) is 19.1. The highest BCUT2D eigenvalue weighted by molar-refractivity contribution is 7.91. The number of nitrogens with zero attached hydrogens (tertiary/aromatic N) is 3. The number of morpholine rings is 1. The Bertz CT molecular complexity index is 784. The van der Waals surface area contributed by atoms with Gasteiger partial charge in [0.15, 0.2) is 0 Å². The second-order valence-corrected chi connectivity index (χ2v) is 9.79. The van der Waals surface area contributed by atoms with E-state index in [1.54, 1.807) is 0 Å². The molecule has 11 nitrogen and oxygen atoms in total. The summed E-state index contributed by atoms with van der Waals surface area (Å²) >= 11 is 0.673. The van der Waals surface area contributed by atoms with Crippen LogP contribution in [0.3, 0.4) is 0 Å². The fourth-order valence-electron chi connectivity index (χ4n) is 1.84. The molecular formula is C10H17N5O6S3. The molecule has 2 heterocycles. The molecule has 0 radical (unpaired) electrons. The van der Waals surface area contributed by atoms with Gasteiger partial charge in [-0.3, -0.25) is 4.79 Å². The summed E-state index contributed by atoms with van der Waals surface area (Å²) in [6.07, 6.45) is 0. The van der Waals surface area contributed by atoms with E-state index in [1.165, 1.54) is 11.2 Å². The minimum atomic E-state index is -3.99. The van der Waals surface area contributed by atoms with Gasteiger partial charge in [-0.25, -0.2) is 21.6 Å². The van der Waals surface area contributed by atoms with Crippen LogP contribution in [0.1, 0.15) is 6.92 Å². The Hall–Kier alpha value is -1.19. The van der Waals surface area contributed by atoms with Crippen LogP contribution in [0, 0.1) is 0 Å². The van der Waals surface area contributed by atoms with Crippen LogP contribution in [-0.2, 0) is 29.6 Å². The number of nitrogens with one attached hydrogen (secondary N) is 2. The molecular weight excluding hydrogens is 382 g/mol. The Morgan fingerprint density at radius 3 is 2.54 bits per heavy atom. The van der Waals surface area contributed by atoms with Crippen molar-refractivity contribution in [1.82, 2.24) is 19.2 Å². The number of amides is 1. The smallest absolute Gasteiger partial charge is 0.269 e. The van der Waals surface area contributed by atoms with Crippen molar-refractivity contribution < 1.29 is 26.4 Å². The van der Waals surface area contributed by atoms with Gasteiger partial charge in [0.25, 0.3) is 10.0 Å². The first-order valence-corrected chi connectivity index (χ1v) is 10.8. The molecule has 0 spiro atoms. The lowest BCUT2D eigenvalue weighted by Gasteiger charge is -2.25. The number of sulfonamides is 2. The molecule has 1 saturated heterocycles. The summed E-state index contributed by atoms with van der Waals surface area (Å²) in [6, 6.07) is 0. The van der Waals surface area contributed by atoms with Crippen molar-refractivity contribution in [3.05, 3.63) is 0 Å². The molecule has 136 valence electrons. The number of rotatable bonds is 7. The zero-order valence-corrected chi connectivity index (χ0v) is 15.2. The molecule has 14 heteroatoms. The summed E-state index contributed by atoms with van der Waals surface area (Å²) in [7, 11) is -7.55. The predicted octanol–water partition coefficient (Wildman–Crippen LogP) is -1.56. The van der Waals surface area contributed by atoms with E-state index < -0.39 is 26.0 Å². The highest BCUT2D eigenvalue weighted by atomic mass is 32.2. The van der Waals surface area contributed by atoms with Crippen molar-refractivity contribution in [3.63, 3.8) is 0 Å². The van der Waals surface area contributed by atoms with Gasteiger partial charge >= 0.3 is 0 Å². The SMILES string of the molecule is CC(=O)Nc1nnc(S(=O)(=O)NCCS(=O)(=O)N2CCOCC2)s1. The van der Waals surface area contributed by atoms with Crippen LogP contribution in [0.5, 0.6) is 0 Å². The van der Waals surface area contributed by atoms with Gasteiger partial charge in [0, 0.05) is 26.6 Å². The summed E-state index contributed by atoms with van der Waals surface area (Å²) in [4.78, 5) is 10.9. The third-order valence-corrected chi connectivity index (χ3v) is 7.47. The van der Waals surface area contributed by atoms with Crippen LogP contribution >= 0.6 is 11.3 Å². The van der Waals surface area contributed by atoms with Gasteiger partial charge in [0.1, 0.15) is 0 Å². The Morgan fingerprint density at radius 2 is 1.92 bits per heavy atom. The predicted molar refractivity (Wildman–Crippen MR) is 85.6 cm³/mol. The van der Waals surface area contributed by atoms with Crippen molar-refractivity contribution in [2.45, 2.75) is 11.3 Å². The van der Waals surface area contributed by atoms with Crippen molar-refractivity contribution in [2.75, 3.05) is 43.9 Å². The molecule has 2 rings (SSSR count). The number of hydrogen-bond acceptors (Lipinski definition) is 9. The maximum Gasteiger partial charge on any atom is 0.269 e. The average molecular weight is 399 g/mol. The van der Waals surface area contributed by atoms with Gasteiger partial charge in [0.2, 0.25) is 25.4 Å². The van der Waals surface area contributed by atoms with E-state index in [0.717, 1.165) is 0 Å². The first-order valence-electron chi connectivity index (χ1n) is 6.87. The molecule has 0 aromatic carbocycles. The Labute approximate surface area is 143 Å². The van der Waals surface area contributed by atoms with Crippen molar-refractivity contribution >= 4 is 42.4 Å². The lowest BCUT2D eigenvalue weighted by molar-refractivity contribution is -0.114. The van der Waals surface area contributed by atoms with Crippen molar-refractivity contribution in [3.8, 4) is 0 Å². The average Bonchev–Trinajstić information content (AvgIpc) is 2.96. The minimum absolute atomic E-state index is 0.0452. The van der Waals surface area contributed by atoms with Gasteiger partial charge in [-0.15, -0.1) is 10.2 Å². The number of aromatic nitrogens is 2. The van der Waals surface area contributed by atoms with E-state index in [9.17, 15) is 21.6 Å². The van der Waals surface area contributed by atoms with Gasteiger partial charge in [-0.2, -0.15) is 4.31 Å². The lowest BCUT2D eigenvalue weighted by Crippen LogP contribution is -2.43. The summed E-state index contributed by atoms with van der Waals surface area (Å²) in [6.45, 7) is 2.11. The zero-order valence-electron chi connectivity index (χ0n) is 12.8. The molecule has 1 aromatic rings. The summed E-state index contributed by atoms with van der Waals surface area (Å²) in [5.74, 6) is -0.775. The summed E-state index contributed by atoms with van der Waals surface area (Å²) in [5, 5.41) is 9.37. The second-order valence-electron chi connectivity index (χ2n) is 4.78. The molecule has 24 heavy (non-hydrogen) atoms. The first-order chi connectivity index (χ1) is 11.2. The summed E-state index contributed by atoms with van der Waals surface area (Å²) in [5.41, 5.74) is 0. The number of ether oxygens (including phenoxy) is 1. The van der Waals surface area contributed by atoms with Crippen LogP contribution in [-0.4, -0.2) is 75.8 Å². The molecule has 0 unspecified atom stereocenters. The van der Waals surface area contributed by atoms with E-state index in [-0.39, 0.29) is 34.9 Å². The maximum atomic E-state index is 12.1. The third-order valence-electron chi connectivity index (χ3n) is 2.93. The van der Waals surface area contributed by atoms with Gasteiger partial charge in [-0.1, -0.05) is 11.3 Å². The Kier molecular flexibility index (Phi) is 6.22. The van der Waals surface area contributed by atoms with Crippen molar-refractivity contribution in [1.29, 1.82) is 0 Å². The van der Waals surface area contributed by atoms with E-state index in [0.29, 0.717) is 24.6 Å². The molecule has 1 amide bonds. The standard InChI is InChI=1S/C10H17N5O6S3/c1-8(16)12-9-13-14-10(22-9)24(19,20)11-2-7-23(17,18)15-3-5-21-6-4-15/h11H,2-7H2,1H3,(H,12,13,16). The van der Waals surface area contributed by atoms with E-state index in [1.807, 2.05) is 0 Å². The van der Waals surface area contributed by atoms with Crippen LogP contribution < -0.4 is 10.0 Å². The topological polar surface area (TPSA) is 148 Å². The van der Waals surface area contributed by atoms with Crippen LogP contribution in [0.2, 0.25) is 0 Å². The molecule has 0 atom stereocenters. The minimum Gasteiger partial charge on any atom is -0.379 e. The molecule has 2 N–H and O–H groups in total. The third kappa shape index (κ3) is 5.15. The van der Waals surface area contributed by atoms with Crippen LogP contribution in [0.4, 0.5) is 5.13 Å². The number of carbonyl (C=O) groups is 1. The Balaban J connectivity index is 1.92.